The molecule has 0 aliphatic carbocycles. The zero-order valence-corrected chi connectivity index (χ0v) is 16.4. The van der Waals surface area contributed by atoms with Gasteiger partial charge in [-0.3, -0.25) is 0 Å². The van der Waals surface area contributed by atoms with E-state index in [1.807, 2.05) is 0 Å². The highest BCUT2D eigenvalue weighted by Gasteiger charge is 2.38. The van der Waals surface area contributed by atoms with Crippen molar-refractivity contribution in [2.45, 2.75) is 56.7 Å². The third-order valence-electron chi connectivity index (χ3n) is 4.09. The minimum atomic E-state index is -2.48. The van der Waals surface area contributed by atoms with Crippen LogP contribution in [0.4, 0.5) is 8.78 Å². The van der Waals surface area contributed by atoms with Gasteiger partial charge in [-0.1, -0.05) is 0 Å². The fraction of sp³-hybridized carbons (Fsp3) is 0.611. The van der Waals surface area contributed by atoms with Gasteiger partial charge in [-0.05, 0) is 39.0 Å². The van der Waals surface area contributed by atoms with Gasteiger partial charge < -0.3 is 19.1 Å². The molecule has 1 heterocycles. The van der Waals surface area contributed by atoms with Gasteiger partial charge >= 0.3 is 5.97 Å². The molecule has 0 bridgehead atoms. The van der Waals surface area contributed by atoms with Crippen LogP contribution in [0, 0.1) is 5.82 Å². The summed E-state index contributed by atoms with van der Waals surface area (Å²) in [4.78, 5) is 11.2. The Bertz CT molecular complexity index is 649. The van der Waals surface area contributed by atoms with Crippen molar-refractivity contribution in [1.29, 1.82) is 0 Å². The number of benzene rings is 1. The van der Waals surface area contributed by atoms with Gasteiger partial charge in [0.15, 0.2) is 0 Å². The highest BCUT2D eigenvalue weighted by molar-refractivity contribution is 7.90. The van der Waals surface area contributed by atoms with Crippen LogP contribution in [0.5, 0.6) is 5.75 Å². The molecule has 0 spiro atoms. The number of aliphatic carboxylic acids is 1. The normalized spacial score (nSPS) is 19.3. The average molecular weight is 405 g/mol. The molecule has 152 valence electrons. The van der Waals surface area contributed by atoms with E-state index in [1.165, 1.54) is 12.1 Å². The predicted octanol–water partition coefficient (Wildman–Crippen LogP) is 2.90. The molecule has 0 amide bonds. The van der Waals surface area contributed by atoms with Crippen molar-refractivity contribution in [3.8, 4) is 5.75 Å². The molecule has 2 rings (SSSR count). The zero-order valence-electron chi connectivity index (χ0n) is 15.5. The van der Waals surface area contributed by atoms with Crippen LogP contribution < -0.4 is 9.46 Å². The van der Waals surface area contributed by atoms with Crippen LogP contribution in [0.2, 0.25) is 0 Å². The number of hydrogen-bond acceptors (Lipinski definition) is 5. The first-order valence-corrected chi connectivity index (χ1v) is 9.83. The van der Waals surface area contributed by atoms with Gasteiger partial charge in [-0.25, -0.2) is 13.6 Å². The summed E-state index contributed by atoms with van der Waals surface area (Å²) in [7, 11) is 0. The summed E-state index contributed by atoms with van der Waals surface area (Å²) >= 11 is -1.80. The second-order valence-electron chi connectivity index (χ2n) is 7.33. The summed E-state index contributed by atoms with van der Waals surface area (Å²) in [6.07, 6.45) is -1.26. The second kappa shape index (κ2) is 9.18. The van der Waals surface area contributed by atoms with E-state index in [-0.39, 0.29) is 11.7 Å². The number of carboxylic acids is 1. The van der Waals surface area contributed by atoms with Crippen molar-refractivity contribution in [2.24, 2.45) is 0 Å². The molecule has 0 unspecified atom stereocenters. The van der Waals surface area contributed by atoms with Gasteiger partial charge in [0.1, 0.15) is 28.5 Å². The Kier molecular flexibility index (Phi) is 7.44. The maximum Gasteiger partial charge on any atom is 0.340 e. The fourth-order valence-corrected chi connectivity index (χ4v) is 3.37. The maximum absolute atomic E-state index is 14.4. The second-order valence-corrected chi connectivity index (χ2v) is 9.33. The van der Waals surface area contributed by atoms with E-state index >= 15 is 0 Å². The highest BCUT2D eigenvalue weighted by Crippen LogP contribution is 2.30. The third kappa shape index (κ3) is 6.03. The van der Waals surface area contributed by atoms with Gasteiger partial charge in [0.2, 0.25) is 6.17 Å². The van der Waals surface area contributed by atoms with Crippen LogP contribution in [0.3, 0.4) is 0 Å². The molecular formula is C18H25F2NO5S. The van der Waals surface area contributed by atoms with Gasteiger partial charge in [-0.2, -0.15) is 0 Å². The Labute approximate surface area is 160 Å². The quantitative estimate of drug-likeness (QED) is 0.678. The standard InChI is InChI=1S/C18H25F2NO5S/c1-18(2,3)27(24)21-16(15(20)17(22)23)13-10-12(4-5-14(13)19)26-11-6-8-25-9-7-11/h4-5,10-11,15-16,21H,6-9H2,1-3H3,(H,22,23)/t15-,16+,27-/m1/s1. The van der Waals surface area contributed by atoms with Crippen LogP contribution in [-0.2, 0) is 20.9 Å². The van der Waals surface area contributed by atoms with Crippen LogP contribution >= 0.6 is 0 Å². The molecule has 0 aromatic heterocycles. The van der Waals surface area contributed by atoms with Crippen LogP contribution in [0.25, 0.3) is 0 Å². The van der Waals surface area contributed by atoms with E-state index in [0.717, 1.165) is 6.07 Å². The van der Waals surface area contributed by atoms with Gasteiger partial charge in [0, 0.05) is 29.8 Å². The van der Waals surface area contributed by atoms with Crippen molar-refractivity contribution < 1.29 is 32.7 Å². The number of ether oxygens (including phenoxy) is 2. The van der Waals surface area contributed by atoms with Gasteiger partial charge in [0.05, 0.1) is 13.2 Å². The molecule has 1 aromatic carbocycles. The molecule has 1 aliphatic rings. The first-order chi connectivity index (χ1) is 12.6. The number of rotatable bonds is 7. The Hall–Kier alpha value is -1.42. The molecule has 1 aliphatic heterocycles. The van der Waals surface area contributed by atoms with E-state index in [9.17, 15) is 18.1 Å². The lowest BCUT2D eigenvalue weighted by atomic mass is 10.0. The lowest BCUT2D eigenvalue weighted by Crippen LogP contribution is -2.45. The smallest absolute Gasteiger partial charge is 0.340 e. The van der Waals surface area contributed by atoms with Crippen molar-refractivity contribution in [2.75, 3.05) is 13.2 Å². The molecule has 2 N–H and O–H groups in total. The Morgan fingerprint density at radius 2 is 2.04 bits per heavy atom. The topological polar surface area (TPSA) is 90.9 Å². The summed E-state index contributed by atoms with van der Waals surface area (Å²) in [5.41, 5.74) is -0.243. The summed E-state index contributed by atoms with van der Waals surface area (Å²) < 4.78 is 53.8. The molecule has 1 fully saturated rings. The number of carbonyl (C=O) groups is 1. The SMILES string of the molecule is CC(C)(C)[S@@+]([O-])N[C@@H](c1cc(OC2CCOCC2)ccc1F)[C@@H](F)C(=O)O. The van der Waals surface area contributed by atoms with Crippen molar-refractivity contribution in [3.63, 3.8) is 0 Å². The molecular weight excluding hydrogens is 380 g/mol. The Morgan fingerprint density at radius 3 is 2.59 bits per heavy atom. The van der Waals surface area contributed by atoms with Crippen LogP contribution in [0.15, 0.2) is 18.2 Å². The summed E-state index contributed by atoms with van der Waals surface area (Å²) in [5, 5.41) is 9.07. The van der Waals surface area contributed by atoms with E-state index < -0.39 is 40.1 Å². The molecule has 9 heteroatoms. The van der Waals surface area contributed by atoms with Crippen molar-refractivity contribution >= 4 is 17.3 Å². The lowest BCUT2D eigenvalue weighted by Gasteiger charge is -2.29. The van der Waals surface area contributed by atoms with Crippen LogP contribution in [0.1, 0.15) is 45.2 Å². The molecule has 6 nitrogen and oxygen atoms in total. The summed E-state index contributed by atoms with van der Waals surface area (Å²) in [6, 6.07) is 2.13. The van der Waals surface area contributed by atoms with Crippen LogP contribution in [-0.4, -0.2) is 45.9 Å². The van der Waals surface area contributed by atoms with Crippen molar-refractivity contribution in [3.05, 3.63) is 29.6 Å². The van der Waals surface area contributed by atoms with Gasteiger partial charge in [-0.15, -0.1) is 4.72 Å². The average Bonchev–Trinajstić information content (AvgIpc) is 2.60. The van der Waals surface area contributed by atoms with Gasteiger partial charge in [0.25, 0.3) is 0 Å². The summed E-state index contributed by atoms with van der Waals surface area (Å²) in [6.45, 7) is 6.03. The Morgan fingerprint density at radius 1 is 1.41 bits per heavy atom. The lowest BCUT2D eigenvalue weighted by molar-refractivity contribution is -0.143. The molecule has 1 aromatic rings. The molecule has 0 radical (unpaired) electrons. The minimum Gasteiger partial charge on any atom is -0.598 e. The van der Waals surface area contributed by atoms with E-state index in [4.69, 9.17) is 14.6 Å². The zero-order chi connectivity index (χ0) is 20.2. The monoisotopic (exact) mass is 405 g/mol. The first kappa shape index (κ1) is 21.9. The maximum atomic E-state index is 14.4. The predicted molar refractivity (Wildman–Crippen MR) is 97.2 cm³/mol. The molecule has 27 heavy (non-hydrogen) atoms. The number of carboxylic acid groups (broad SMARTS) is 1. The third-order valence-corrected chi connectivity index (χ3v) is 5.67. The van der Waals surface area contributed by atoms with Crippen molar-refractivity contribution in [1.82, 2.24) is 4.72 Å². The fourth-order valence-electron chi connectivity index (χ4n) is 2.54. The van der Waals surface area contributed by atoms with E-state index in [1.54, 1.807) is 20.8 Å². The largest absolute Gasteiger partial charge is 0.598 e. The molecule has 0 saturated carbocycles. The number of halogens is 2. The highest BCUT2D eigenvalue weighted by atomic mass is 32.2. The number of alkyl halides is 1. The first-order valence-electron chi connectivity index (χ1n) is 8.68. The number of nitrogens with one attached hydrogen (secondary N) is 1. The molecule has 3 atom stereocenters. The van der Waals surface area contributed by atoms with E-state index in [2.05, 4.69) is 4.72 Å². The minimum absolute atomic E-state index is 0.118. The number of hydrogen-bond donors (Lipinski definition) is 2. The molecule has 1 saturated heterocycles. The Balaban J connectivity index is 2.29. The summed E-state index contributed by atoms with van der Waals surface area (Å²) in [5.74, 6) is -2.28. The van der Waals surface area contributed by atoms with E-state index in [0.29, 0.717) is 31.8 Å².